The molecule has 0 unspecified atom stereocenters. The average Bonchev–Trinajstić information content (AvgIpc) is 2.37. The smallest absolute Gasteiger partial charge is 0.325 e. The predicted octanol–water partition coefficient (Wildman–Crippen LogP) is 2.50. The van der Waals surface area contributed by atoms with Gasteiger partial charge in [0.2, 0.25) is 0 Å². The number of carbonyl (C=O) groups excluding carboxylic acids is 2. The monoisotopic (exact) mass is 287 g/mol. The first-order chi connectivity index (χ1) is 8.88. The molecule has 0 N–H and O–H groups in total. The number of carbonyl (C=O) groups is 2. The number of benzene rings is 1. The number of nitrogens with zero attached hydrogens (tertiary/aromatic N) is 1. The minimum Gasteiger partial charge on any atom is -0.468 e. The highest BCUT2D eigenvalue weighted by atomic mass is 35.5. The van der Waals surface area contributed by atoms with Crippen LogP contribution in [0.15, 0.2) is 18.2 Å². The number of amides is 1. The molecule has 0 atom stereocenters. The second-order valence-electron chi connectivity index (χ2n) is 4.20. The van der Waals surface area contributed by atoms with Crippen LogP contribution in [0.1, 0.15) is 24.2 Å². The molecule has 0 aromatic heterocycles. The lowest BCUT2D eigenvalue weighted by Crippen LogP contribution is -2.41. The largest absolute Gasteiger partial charge is 0.468 e. The van der Waals surface area contributed by atoms with Gasteiger partial charge >= 0.3 is 5.97 Å². The minimum absolute atomic E-state index is 0.0271. The van der Waals surface area contributed by atoms with Crippen molar-refractivity contribution in [2.45, 2.75) is 19.9 Å². The van der Waals surface area contributed by atoms with E-state index in [1.54, 1.807) is 13.8 Å². The van der Waals surface area contributed by atoms with Crippen LogP contribution >= 0.6 is 11.6 Å². The van der Waals surface area contributed by atoms with Gasteiger partial charge in [-0.2, -0.15) is 0 Å². The third-order valence-corrected chi connectivity index (χ3v) is 2.98. The Morgan fingerprint density at radius 1 is 1.42 bits per heavy atom. The molecule has 0 spiro atoms. The predicted molar refractivity (Wildman–Crippen MR) is 69.6 cm³/mol. The van der Waals surface area contributed by atoms with E-state index in [4.69, 9.17) is 11.6 Å². The number of hydrogen-bond acceptors (Lipinski definition) is 3. The van der Waals surface area contributed by atoms with Crippen LogP contribution in [0.3, 0.4) is 0 Å². The second kappa shape index (κ2) is 6.52. The zero-order chi connectivity index (χ0) is 14.6. The molecule has 0 saturated carbocycles. The summed E-state index contributed by atoms with van der Waals surface area (Å²) in [4.78, 5) is 24.8. The molecule has 0 heterocycles. The Bertz CT molecular complexity index is 491. The Hall–Kier alpha value is -1.62. The van der Waals surface area contributed by atoms with Crippen molar-refractivity contribution in [1.82, 2.24) is 4.90 Å². The maximum Gasteiger partial charge on any atom is 0.325 e. The molecular weight excluding hydrogens is 273 g/mol. The molecule has 6 heteroatoms. The molecule has 1 aromatic rings. The number of ether oxygens (including phenoxy) is 1. The maximum atomic E-state index is 13.3. The van der Waals surface area contributed by atoms with Gasteiger partial charge in [0.25, 0.3) is 5.91 Å². The Balaban J connectivity index is 3.06. The van der Waals surface area contributed by atoms with E-state index in [1.165, 1.54) is 30.2 Å². The molecule has 0 aliphatic rings. The summed E-state index contributed by atoms with van der Waals surface area (Å²) in [7, 11) is 1.24. The summed E-state index contributed by atoms with van der Waals surface area (Å²) in [6.45, 7) is 3.28. The van der Waals surface area contributed by atoms with Gasteiger partial charge in [0, 0.05) is 6.04 Å². The fraction of sp³-hybridized carbons (Fsp3) is 0.385. The summed E-state index contributed by atoms with van der Waals surface area (Å²) in [6, 6.07) is 3.73. The molecule has 1 rings (SSSR count). The average molecular weight is 288 g/mol. The van der Waals surface area contributed by atoms with Crippen molar-refractivity contribution in [3.05, 3.63) is 34.6 Å². The molecule has 19 heavy (non-hydrogen) atoms. The van der Waals surface area contributed by atoms with Gasteiger partial charge in [-0.3, -0.25) is 9.59 Å². The molecule has 0 radical (unpaired) electrons. The van der Waals surface area contributed by atoms with Crippen molar-refractivity contribution >= 4 is 23.5 Å². The molecule has 0 saturated heterocycles. The van der Waals surface area contributed by atoms with Crippen molar-refractivity contribution in [3.63, 3.8) is 0 Å². The van der Waals surface area contributed by atoms with Crippen molar-refractivity contribution < 1.29 is 18.7 Å². The summed E-state index contributed by atoms with van der Waals surface area (Å²) in [5.74, 6) is -1.73. The molecular formula is C13H15ClFNO3. The van der Waals surface area contributed by atoms with E-state index in [9.17, 15) is 14.0 Å². The summed E-state index contributed by atoms with van der Waals surface area (Å²) in [5, 5.41) is -0.247. The van der Waals surface area contributed by atoms with Crippen LogP contribution in [-0.4, -0.2) is 36.5 Å². The van der Waals surface area contributed by atoms with E-state index >= 15 is 0 Å². The standard InChI is InChI=1S/C13H15ClFNO3/c1-8(2)16(7-11(17)19-3)13(18)9-5-4-6-10(15)12(9)14/h4-6,8H,7H2,1-3H3. The van der Waals surface area contributed by atoms with Gasteiger partial charge in [-0.15, -0.1) is 0 Å². The lowest BCUT2D eigenvalue weighted by Gasteiger charge is -2.25. The number of halogens is 2. The first-order valence-corrected chi connectivity index (χ1v) is 6.08. The topological polar surface area (TPSA) is 46.6 Å². The van der Waals surface area contributed by atoms with Crippen LogP contribution in [0.2, 0.25) is 5.02 Å². The SMILES string of the molecule is COC(=O)CN(C(=O)c1cccc(F)c1Cl)C(C)C. The number of methoxy groups -OCH3 is 1. The van der Waals surface area contributed by atoms with E-state index in [1.807, 2.05) is 0 Å². The van der Waals surface area contributed by atoms with E-state index in [0.717, 1.165) is 0 Å². The van der Waals surface area contributed by atoms with Crippen LogP contribution in [-0.2, 0) is 9.53 Å². The summed E-state index contributed by atoms with van der Waals surface area (Å²) >= 11 is 5.77. The van der Waals surface area contributed by atoms with E-state index in [-0.39, 0.29) is 23.2 Å². The molecule has 0 aliphatic carbocycles. The highest BCUT2D eigenvalue weighted by Crippen LogP contribution is 2.22. The third kappa shape index (κ3) is 3.67. The molecule has 0 bridgehead atoms. The van der Waals surface area contributed by atoms with Crippen LogP contribution in [0.5, 0.6) is 0 Å². The van der Waals surface area contributed by atoms with Gasteiger partial charge < -0.3 is 9.64 Å². The Labute approximate surface area is 116 Å². The van der Waals surface area contributed by atoms with Crippen molar-refractivity contribution in [3.8, 4) is 0 Å². The van der Waals surface area contributed by atoms with Crippen LogP contribution in [0.25, 0.3) is 0 Å². The molecule has 1 aromatic carbocycles. The van der Waals surface area contributed by atoms with Crippen molar-refractivity contribution in [1.29, 1.82) is 0 Å². The number of rotatable bonds is 4. The lowest BCUT2D eigenvalue weighted by atomic mass is 10.1. The van der Waals surface area contributed by atoms with Crippen LogP contribution in [0.4, 0.5) is 4.39 Å². The van der Waals surface area contributed by atoms with Crippen molar-refractivity contribution in [2.24, 2.45) is 0 Å². The summed E-state index contributed by atoms with van der Waals surface area (Å²) in [6.07, 6.45) is 0. The van der Waals surface area contributed by atoms with Crippen LogP contribution < -0.4 is 0 Å². The molecule has 1 amide bonds. The molecule has 4 nitrogen and oxygen atoms in total. The van der Waals surface area contributed by atoms with Gasteiger partial charge in [0.1, 0.15) is 12.4 Å². The van der Waals surface area contributed by atoms with E-state index in [0.29, 0.717) is 0 Å². The van der Waals surface area contributed by atoms with E-state index < -0.39 is 17.7 Å². The zero-order valence-corrected chi connectivity index (χ0v) is 11.7. The molecule has 0 fully saturated rings. The van der Waals surface area contributed by atoms with Gasteiger partial charge in [-0.05, 0) is 26.0 Å². The Morgan fingerprint density at radius 3 is 2.58 bits per heavy atom. The molecule has 0 aliphatic heterocycles. The van der Waals surface area contributed by atoms with E-state index in [2.05, 4.69) is 4.74 Å². The maximum absolute atomic E-state index is 13.3. The third-order valence-electron chi connectivity index (χ3n) is 2.59. The first-order valence-electron chi connectivity index (χ1n) is 5.70. The Kier molecular flexibility index (Phi) is 5.30. The highest BCUT2D eigenvalue weighted by molar-refractivity contribution is 6.34. The van der Waals surface area contributed by atoms with Gasteiger partial charge in [0.05, 0.1) is 17.7 Å². The van der Waals surface area contributed by atoms with Gasteiger partial charge in [0.15, 0.2) is 0 Å². The quantitative estimate of drug-likeness (QED) is 0.800. The minimum atomic E-state index is -0.672. The fourth-order valence-electron chi connectivity index (χ4n) is 1.52. The first kappa shape index (κ1) is 15.4. The Morgan fingerprint density at radius 2 is 2.05 bits per heavy atom. The number of esters is 1. The normalized spacial score (nSPS) is 10.4. The summed E-state index contributed by atoms with van der Waals surface area (Å²) < 4.78 is 17.9. The van der Waals surface area contributed by atoms with Gasteiger partial charge in [-0.1, -0.05) is 17.7 Å². The van der Waals surface area contributed by atoms with Gasteiger partial charge in [-0.25, -0.2) is 4.39 Å². The summed E-state index contributed by atoms with van der Waals surface area (Å²) in [5.41, 5.74) is 0.0271. The molecule has 104 valence electrons. The van der Waals surface area contributed by atoms with Crippen LogP contribution in [0, 0.1) is 5.82 Å². The second-order valence-corrected chi connectivity index (χ2v) is 4.58. The lowest BCUT2D eigenvalue weighted by molar-refractivity contribution is -0.141. The van der Waals surface area contributed by atoms with Crippen molar-refractivity contribution in [2.75, 3.05) is 13.7 Å². The number of hydrogen-bond donors (Lipinski definition) is 0. The zero-order valence-electron chi connectivity index (χ0n) is 10.9. The highest BCUT2D eigenvalue weighted by Gasteiger charge is 2.24. The fourth-order valence-corrected chi connectivity index (χ4v) is 1.72.